The summed E-state index contributed by atoms with van der Waals surface area (Å²) in [6.07, 6.45) is 0.862. The van der Waals surface area contributed by atoms with Crippen molar-refractivity contribution in [3.63, 3.8) is 0 Å². The number of hydrogen-bond acceptors (Lipinski definition) is 3. The van der Waals surface area contributed by atoms with Gasteiger partial charge in [0, 0.05) is 19.7 Å². The molecule has 0 aliphatic rings. The Balaban J connectivity index is 1.66. The predicted octanol–water partition coefficient (Wildman–Crippen LogP) is 3.50. The molecule has 0 aliphatic carbocycles. The topological polar surface area (TPSA) is 54.9 Å². The van der Waals surface area contributed by atoms with Crippen LogP contribution in [0.5, 0.6) is 5.75 Å². The van der Waals surface area contributed by atoms with Crippen molar-refractivity contribution in [3.8, 4) is 5.75 Å². The van der Waals surface area contributed by atoms with Crippen LogP contribution in [0.25, 0.3) is 0 Å². The molecule has 0 fully saturated rings. The molecule has 2 aromatic carbocycles. The van der Waals surface area contributed by atoms with E-state index in [1.165, 1.54) is 12.1 Å². The largest absolute Gasteiger partial charge is 0.497 e. The number of guanidine groups is 1. The van der Waals surface area contributed by atoms with Crippen LogP contribution in [0, 0.1) is 5.82 Å². The molecule has 0 aliphatic heterocycles. The lowest BCUT2D eigenvalue weighted by Gasteiger charge is -2.11. The third kappa shape index (κ3) is 8.09. The van der Waals surface area contributed by atoms with Crippen molar-refractivity contribution in [3.05, 3.63) is 65.5 Å². The van der Waals surface area contributed by atoms with Crippen molar-refractivity contribution in [1.82, 2.24) is 10.6 Å². The van der Waals surface area contributed by atoms with Gasteiger partial charge in [-0.2, -0.15) is 0 Å². The zero-order chi connectivity index (χ0) is 19.3. The van der Waals surface area contributed by atoms with Crippen LogP contribution in [0.4, 0.5) is 4.39 Å². The van der Waals surface area contributed by atoms with Gasteiger partial charge in [-0.1, -0.05) is 24.3 Å². The Bertz CT molecular complexity index is 705. The van der Waals surface area contributed by atoms with Gasteiger partial charge in [0.05, 0.1) is 20.3 Å². The second-order valence-corrected chi connectivity index (χ2v) is 6.01. The Labute approximate surface area is 160 Å². The van der Waals surface area contributed by atoms with Gasteiger partial charge in [0.2, 0.25) is 0 Å². The second kappa shape index (κ2) is 11.9. The van der Waals surface area contributed by atoms with Crippen molar-refractivity contribution >= 4 is 5.96 Å². The van der Waals surface area contributed by atoms with Gasteiger partial charge in [-0.25, -0.2) is 9.38 Å². The quantitative estimate of drug-likeness (QED) is 0.380. The molecule has 5 nitrogen and oxygen atoms in total. The molecule has 2 N–H and O–H groups in total. The van der Waals surface area contributed by atoms with Gasteiger partial charge in [0.25, 0.3) is 0 Å². The molecule has 0 saturated heterocycles. The molecule has 2 rings (SSSR count). The van der Waals surface area contributed by atoms with E-state index in [0.29, 0.717) is 19.8 Å². The third-order valence-electron chi connectivity index (χ3n) is 3.84. The normalized spacial score (nSPS) is 11.3. The van der Waals surface area contributed by atoms with Crippen LogP contribution in [0.3, 0.4) is 0 Å². The Morgan fingerprint density at radius 1 is 1.07 bits per heavy atom. The fourth-order valence-corrected chi connectivity index (χ4v) is 2.44. The zero-order valence-electron chi connectivity index (χ0n) is 16.0. The number of nitrogens with one attached hydrogen (secondary N) is 2. The summed E-state index contributed by atoms with van der Waals surface area (Å²) < 4.78 is 24.1. The first-order chi connectivity index (χ1) is 13.2. The summed E-state index contributed by atoms with van der Waals surface area (Å²) >= 11 is 0. The van der Waals surface area contributed by atoms with Crippen LogP contribution < -0.4 is 15.4 Å². The van der Waals surface area contributed by atoms with Crippen LogP contribution >= 0.6 is 0 Å². The summed E-state index contributed by atoms with van der Waals surface area (Å²) in [7, 11) is 1.65. The molecular weight excluding hydrogens is 345 g/mol. The smallest absolute Gasteiger partial charge is 0.191 e. The molecule has 0 aromatic heterocycles. The summed E-state index contributed by atoms with van der Waals surface area (Å²) in [5.41, 5.74) is 1.96. The minimum atomic E-state index is -0.241. The number of halogens is 1. The van der Waals surface area contributed by atoms with E-state index in [9.17, 15) is 4.39 Å². The van der Waals surface area contributed by atoms with Crippen molar-refractivity contribution in [2.24, 2.45) is 4.99 Å². The molecule has 0 atom stereocenters. The number of nitrogens with zero attached hydrogens (tertiary/aromatic N) is 1. The average Bonchev–Trinajstić information content (AvgIpc) is 2.69. The molecule has 27 heavy (non-hydrogen) atoms. The van der Waals surface area contributed by atoms with Gasteiger partial charge >= 0.3 is 0 Å². The van der Waals surface area contributed by atoms with Gasteiger partial charge in [-0.3, -0.25) is 0 Å². The van der Waals surface area contributed by atoms with Crippen LogP contribution in [0.15, 0.2) is 53.5 Å². The van der Waals surface area contributed by atoms with E-state index < -0.39 is 0 Å². The maximum atomic E-state index is 13.2. The van der Waals surface area contributed by atoms with Crippen LogP contribution in [-0.4, -0.2) is 32.8 Å². The molecule has 146 valence electrons. The van der Waals surface area contributed by atoms with E-state index in [0.717, 1.165) is 42.3 Å². The number of benzene rings is 2. The Morgan fingerprint density at radius 2 is 1.89 bits per heavy atom. The van der Waals surface area contributed by atoms with Gasteiger partial charge in [0.1, 0.15) is 11.6 Å². The molecule has 0 bridgehead atoms. The molecular formula is C21H28FN3O2. The van der Waals surface area contributed by atoms with Gasteiger partial charge in [-0.05, 0) is 48.7 Å². The van der Waals surface area contributed by atoms with Crippen molar-refractivity contribution in [2.45, 2.75) is 26.5 Å². The Morgan fingerprint density at radius 3 is 2.59 bits per heavy atom. The monoisotopic (exact) mass is 373 g/mol. The molecule has 0 radical (unpaired) electrons. The fraction of sp³-hybridized carbons (Fsp3) is 0.381. The van der Waals surface area contributed by atoms with Crippen LogP contribution in [-0.2, 0) is 17.9 Å². The van der Waals surface area contributed by atoms with Crippen molar-refractivity contribution in [1.29, 1.82) is 0 Å². The molecule has 0 saturated carbocycles. The Hall–Kier alpha value is -2.60. The lowest BCUT2D eigenvalue weighted by atomic mass is 10.2. The number of methoxy groups -OCH3 is 1. The van der Waals surface area contributed by atoms with Crippen molar-refractivity contribution in [2.75, 3.05) is 26.8 Å². The maximum Gasteiger partial charge on any atom is 0.191 e. The molecule has 6 heteroatoms. The predicted molar refractivity (Wildman–Crippen MR) is 106 cm³/mol. The number of hydrogen-bond donors (Lipinski definition) is 2. The highest BCUT2D eigenvalue weighted by atomic mass is 19.1. The minimum absolute atomic E-state index is 0.241. The molecule has 2 aromatic rings. The number of ether oxygens (including phenoxy) is 2. The Kier molecular flexibility index (Phi) is 9.13. The summed E-state index contributed by atoms with van der Waals surface area (Å²) in [5.74, 6) is 1.32. The van der Waals surface area contributed by atoms with Crippen LogP contribution in [0.1, 0.15) is 24.5 Å². The van der Waals surface area contributed by atoms with E-state index in [2.05, 4.69) is 15.6 Å². The molecule has 0 heterocycles. The highest BCUT2D eigenvalue weighted by Gasteiger charge is 1.99. The summed E-state index contributed by atoms with van der Waals surface area (Å²) in [6, 6.07) is 14.3. The van der Waals surface area contributed by atoms with E-state index >= 15 is 0 Å². The van der Waals surface area contributed by atoms with Crippen LogP contribution in [0.2, 0.25) is 0 Å². The lowest BCUT2D eigenvalue weighted by Crippen LogP contribution is -2.38. The summed E-state index contributed by atoms with van der Waals surface area (Å²) in [5, 5.41) is 6.46. The van der Waals surface area contributed by atoms with Gasteiger partial charge in [0.15, 0.2) is 5.96 Å². The summed E-state index contributed by atoms with van der Waals surface area (Å²) in [4.78, 5) is 4.48. The van der Waals surface area contributed by atoms with Gasteiger partial charge in [-0.15, -0.1) is 0 Å². The molecule has 0 spiro atoms. The highest BCUT2D eigenvalue weighted by molar-refractivity contribution is 5.79. The first-order valence-electron chi connectivity index (χ1n) is 9.18. The lowest BCUT2D eigenvalue weighted by molar-refractivity contribution is 0.119. The standard InChI is InChI=1S/C21H28FN3O2/c1-3-23-21(25-15-18-6-4-7-19(22)14-18)24-12-5-13-27-16-17-8-10-20(26-2)11-9-17/h4,6-11,14H,3,5,12-13,15-16H2,1-2H3,(H2,23,24,25). The first kappa shape index (κ1) is 20.7. The highest BCUT2D eigenvalue weighted by Crippen LogP contribution is 2.11. The second-order valence-electron chi connectivity index (χ2n) is 6.01. The number of rotatable bonds is 10. The van der Waals surface area contributed by atoms with Crippen molar-refractivity contribution < 1.29 is 13.9 Å². The van der Waals surface area contributed by atoms with E-state index in [-0.39, 0.29) is 5.82 Å². The third-order valence-corrected chi connectivity index (χ3v) is 3.84. The fourth-order valence-electron chi connectivity index (χ4n) is 2.44. The number of aliphatic imine (C=N–C) groups is 1. The van der Waals surface area contributed by atoms with E-state index in [1.807, 2.05) is 37.3 Å². The molecule has 0 amide bonds. The SMILES string of the molecule is CCNC(=NCc1cccc(F)c1)NCCCOCc1ccc(OC)cc1. The summed E-state index contributed by atoms with van der Waals surface area (Å²) in [6.45, 7) is 5.19. The average molecular weight is 373 g/mol. The van der Waals surface area contributed by atoms with E-state index in [1.54, 1.807) is 13.2 Å². The zero-order valence-corrected chi connectivity index (χ0v) is 16.0. The first-order valence-corrected chi connectivity index (χ1v) is 9.18. The maximum absolute atomic E-state index is 13.2. The minimum Gasteiger partial charge on any atom is -0.497 e. The van der Waals surface area contributed by atoms with Gasteiger partial charge < -0.3 is 20.1 Å². The molecule has 0 unspecified atom stereocenters. The van der Waals surface area contributed by atoms with E-state index in [4.69, 9.17) is 9.47 Å².